The van der Waals surface area contributed by atoms with Crippen LogP contribution in [0.3, 0.4) is 0 Å². The van der Waals surface area contributed by atoms with Crippen LogP contribution in [-0.4, -0.2) is 59.1 Å². The number of carbonyl (C=O) groups is 1. The average molecular weight is 564 g/mol. The molecule has 9 nitrogen and oxygen atoms in total. The maximum Gasteiger partial charge on any atom is 0.419 e. The molecule has 0 atom stereocenters. The Morgan fingerprint density at radius 2 is 1.77 bits per heavy atom. The van der Waals surface area contributed by atoms with Crippen molar-refractivity contribution in [3.05, 3.63) is 62.6 Å². The molecule has 2 heterocycles. The van der Waals surface area contributed by atoms with Crippen molar-refractivity contribution in [2.75, 3.05) is 24.6 Å². The van der Waals surface area contributed by atoms with E-state index in [0.717, 1.165) is 0 Å². The van der Waals surface area contributed by atoms with Crippen LogP contribution in [0, 0.1) is 10.1 Å². The third-order valence-electron chi connectivity index (χ3n) is 5.70. The van der Waals surface area contributed by atoms with E-state index in [1.54, 1.807) is 20.8 Å². The number of fused-ring (bicyclic) bond motifs is 1. The minimum atomic E-state index is -3.04. The molecule has 0 saturated carbocycles. The smallest absolute Gasteiger partial charge is 0.419 e. The van der Waals surface area contributed by atoms with E-state index in [1.807, 2.05) is 41.3 Å². The molecule has 0 unspecified atom stereocenters. The van der Waals surface area contributed by atoms with Gasteiger partial charge in [-0.3, -0.25) is 15.0 Å². The van der Waals surface area contributed by atoms with Crippen LogP contribution in [0.2, 0.25) is 0 Å². The molecular formula is C24H26BrN3O6S. The van der Waals surface area contributed by atoms with Gasteiger partial charge in [-0.05, 0) is 53.9 Å². The summed E-state index contributed by atoms with van der Waals surface area (Å²) in [7, 11) is -3.04. The van der Waals surface area contributed by atoms with Crippen molar-refractivity contribution in [1.29, 1.82) is 0 Å². The fraction of sp³-hybridized carbons (Fsp3) is 0.375. The van der Waals surface area contributed by atoms with Crippen molar-refractivity contribution < 1.29 is 22.9 Å². The first-order valence-corrected chi connectivity index (χ1v) is 13.7. The summed E-state index contributed by atoms with van der Waals surface area (Å²) in [5.74, 6) is 0.127. The molecule has 2 aromatic carbocycles. The number of carbonyl (C=O) groups excluding carboxylic acids is 1. The Bertz CT molecular complexity index is 1400. The van der Waals surface area contributed by atoms with Gasteiger partial charge in [0.1, 0.15) is 11.1 Å². The number of nitrogens with zero attached hydrogens (tertiary/aromatic N) is 3. The van der Waals surface area contributed by atoms with Gasteiger partial charge in [-0.2, -0.15) is 0 Å². The van der Waals surface area contributed by atoms with Gasteiger partial charge in [0, 0.05) is 31.1 Å². The van der Waals surface area contributed by atoms with Crippen molar-refractivity contribution in [1.82, 2.24) is 9.47 Å². The molecule has 3 aromatic rings. The van der Waals surface area contributed by atoms with Crippen LogP contribution in [0.4, 0.5) is 10.5 Å². The summed E-state index contributed by atoms with van der Waals surface area (Å²) in [4.78, 5) is 27.0. The molecule has 0 spiro atoms. The Hall–Kier alpha value is -2.76. The van der Waals surface area contributed by atoms with E-state index in [1.165, 1.54) is 10.6 Å². The fourth-order valence-electron chi connectivity index (χ4n) is 4.16. The molecule has 35 heavy (non-hydrogen) atoms. The van der Waals surface area contributed by atoms with Crippen LogP contribution in [0.5, 0.6) is 0 Å². The monoisotopic (exact) mass is 563 g/mol. The molecule has 0 bridgehead atoms. The molecule has 1 aromatic heterocycles. The van der Waals surface area contributed by atoms with E-state index in [0.29, 0.717) is 46.3 Å². The lowest BCUT2D eigenvalue weighted by molar-refractivity contribution is -0.383. The summed E-state index contributed by atoms with van der Waals surface area (Å²) in [6.07, 6.45) is -0.718. The lowest BCUT2D eigenvalue weighted by Gasteiger charge is -2.26. The molecule has 4 rings (SSSR count). The molecule has 0 aliphatic carbocycles. The third kappa shape index (κ3) is 5.41. The maximum atomic E-state index is 13.4. The van der Waals surface area contributed by atoms with E-state index in [4.69, 9.17) is 4.74 Å². The predicted molar refractivity (Wildman–Crippen MR) is 137 cm³/mol. The number of hydrogen-bond donors (Lipinski definition) is 0. The zero-order valence-electron chi connectivity index (χ0n) is 19.7. The molecule has 1 saturated heterocycles. The largest absolute Gasteiger partial charge is 0.443 e. The van der Waals surface area contributed by atoms with Gasteiger partial charge in [0.25, 0.3) is 5.69 Å². The minimum Gasteiger partial charge on any atom is -0.443 e. The molecule has 1 aliphatic rings. The summed E-state index contributed by atoms with van der Waals surface area (Å²) in [5.41, 5.74) is 0.913. The van der Waals surface area contributed by atoms with Crippen LogP contribution in [0.15, 0.2) is 46.9 Å². The molecule has 1 aliphatic heterocycles. The van der Waals surface area contributed by atoms with Crippen molar-refractivity contribution >= 4 is 48.5 Å². The van der Waals surface area contributed by atoms with E-state index >= 15 is 0 Å². The standard InChI is InChI=1S/C24H26BrN3O6S/c1-24(2,3)34-23(29)27-21(17-7-5-4-6-8-17)20(25)18-13-16(14-19(22(18)27)28(30)31)15-26-9-11-35(32,33)12-10-26/h4-8,13-14H,9-12,15H2,1-3H3. The number of aromatic nitrogens is 1. The first kappa shape index (κ1) is 25.3. The summed E-state index contributed by atoms with van der Waals surface area (Å²) < 4.78 is 31.0. The van der Waals surface area contributed by atoms with Crippen LogP contribution >= 0.6 is 15.9 Å². The number of rotatable bonds is 4. The SMILES string of the molecule is CC(C)(C)OC(=O)n1c(-c2ccccc2)c(Br)c2cc(CN3CCS(=O)(=O)CC3)cc([N+](=O)[O-])c21. The number of halogens is 1. The van der Waals surface area contributed by atoms with E-state index in [9.17, 15) is 23.3 Å². The summed E-state index contributed by atoms with van der Waals surface area (Å²) in [6, 6.07) is 12.4. The van der Waals surface area contributed by atoms with Gasteiger partial charge < -0.3 is 4.74 Å². The van der Waals surface area contributed by atoms with Crippen molar-refractivity contribution in [3.8, 4) is 11.3 Å². The van der Waals surface area contributed by atoms with Crippen LogP contribution < -0.4 is 0 Å². The van der Waals surface area contributed by atoms with Gasteiger partial charge in [-0.15, -0.1) is 0 Å². The lowest BCUT2D eigenvalue weighted by Crippen LogP contribution is -2.39. The van der Waals surface area contributed by atoms with Gasteiger partial charge >= 0.3 is 6.09 Å². The second-order valence-corrected chi connectivity index (χ2v) is 12.6. The number of sulfone groups is 1. The average Bonchev–Trinajstić information content (AvgIpc) is 3.06. The highest BCUT2D eigenvalue weighted by Crippen LogP contribution is 2.42. The maximum absolute atomic E-state index is 13.4. The van der Waals surface area contributed by atoms with Gasteiger partial charge in [0.05, 0.1) is 26.6 Å². The number of nitro benzene ring substituents is 1. The first-order valence-electron chi connectivity index (χ1n) is 11.1. The van der Waals surface area contributed by atoms with Gasteiger partial charge in [0.2, 0.25) is 0 Å². The fourth-order valence-corrected chi connectivity index (χ4v) is 6.14. The summed E-state index contributed by atoms with van der Waals surface area (Å²) >= 11 is 3.60. The molecule has 186 valence electrons. The van der Waals surface area contributed by atoms with Crippen LogP contribution in [-0.2, 0) is 21.1 Å². The van der Waals surface area contributed by atoms with E-state index < -0.39 is 26.5 Å². The van der Waals surface area contributed by atoms with Crippen molar-refractivity contribution in [2.24, 2.45) is 0 Å². The lowest BCUT2D eigenvalue weighted by atomic mass is 10.1. The Morgan fingerprint density at radius 3 is 2.34 bits per heavy atom. The van der Waals surface area contributed by atoms with Gasteiger partial charge in [0.15, 0.2) is 9.84 Å². The molecule has 0 N–H and O–H groups in total. The molecule has 11 heteroatoms. The predicted octanol–water partition coefficient (Wildman–Crippen LogP) is 4.99. The van der Waals surface area contributed by atoms with E-state index in [2.05, 4.69) is 15.9 Å². The van der Waals surface area contributed by atoms with Crippen LogP contribution in [0.1, 0.15) is 26.3 Å². The van der Waals surface area contributed by atoms with Crippen LogP contribution in [0.25, 0.3) is 22.2 Å². The normalized spacial score (nSPS) is 16.3. The van der Waals surface area contributed by atoms with Crippen molar-refractivity contribution in [3.63, 3.8) is 0 Å². The summed E-state index contributed by atoms with van der Waals surface area (Å²) in [6.45, 7) is 6.29. The topological polar surface area (TPSA) is 112 Å². The van der Waals surface area contributed by atoms with Crippen molar-refractivity contribution in [2.45, 2.75) is 32.9 Å². The number of nitro groups is 1. The highest BCUT2D eigenvalue weighted by Gasteiger charge is 2.31. The second kappa shape index (κ2) is 9.36. The first-order chi connectivity index (χ1) is 16.4. The number of ether oxygens (including phenoxy) is 1. The molecule has 0 amide bonds. The molecule has 0 radical (unpaired) electrons. The number of benzene rings is 2. The zero-order valence-corrected chi connectivity index (χ0v) is 22.1. The Morgan fingerprint density at radius 1 is 1.14 bits per heavy atom. The quantitative estimate of drug-likeness (QED) is 0.324. The highest BCUT2D eigenvalue weighted by atomic mass is 79.9. The highest BCUT2D eigenvalue weighted by molar-refractivity contribution is 9.10. The van der Waals surface area contributed by atoms with E-state index in [-0.39, 0.29) is 22.7 Å². The molecular weight excluding hydrogens is 538 g/mol. The Kier molecular flexibility index (Phi) is 6.78. The van der Waals surface area contributed by atoms with Gasteiger partial charge in [-0.1, -0.05) is 30.3 Å². The molecule has 1 fully saturated rings. The van der Waals surface area contributed by atoms with Gasteiger partial charge in [-0.25, -0.2) is 17.8 Å². The second-order valence-electron chi connectivity index (χ2n) is 9.54. The zero-order chi connectivity index (χ0) is 25.5. The minimum absolute atomic E-state index is 0.0637. The number of hydrogen-bond acceptors (Lipinski definition) is 7. The Labute approximate surface area is 211 Å². The third-order valence-corrected chi connectivity index (χ3v) is 8.12. The number of non-ortho nitro benzene ring substituents is 1. The Balaban J connectivity index is 1.91. The summed E-state index contributed by atoms with van der Waals surface area (Å²) in [5, 5.41) is 12.7.